The maximum absolute atomic E-state index is 12.8. The summed E-state index contributed by atoms with van der Waals surface area (Å²) in [6, 6.07) is 0. The number of rotatable bonds is 45. The molecular weight excluding hydrogens is 785 g/mol. The van der Waals surface area contributed by atoms with Crippen molar-refractivity contribution < 1.29 is 49.0 Å². The summed E-state index contributed by atoms with van der Waals surface area (Å²) in [5, 5.41) is 40.2. The first-order chi connectivity index (χ1) is 30.3. The van der Waals surface area contributed by atoms with Gasteiger partial charge in [-0.1, -0.05) is 212 Å². The molecule has 0 aromatic carbocycles. The van der Waals surface area contributed by atoms with Crippen LogP contribution < -0.4 is 0 Å². The lowest BCUT2D eigenvalue weighted by atomic mass is 9.99. The molecule has 0 aromatic rings. The van der Waals surface area contributed by atoms with Gasteiger partial charge in [-0.25, -0.2) is 0 Å². The second-order valence-electron chi connectivity index (χ2n) is 18.3. The van der Waals surface area contributed by atoms with E-state index in [4.69, 9.17) is 18.9 Å². The van der Waals surface area contributed by atoms with E-state index < -0.39 is 49.4 Å². The van der Waals surface area contributed by atoms with Gasteiger partial charge in [0.1, 0.15) is 31.0 Å². The Morgan fingerprint density at radius 2 is 0.855 bits per heavy atom. The fourth-order valence-electron chi connectivity index (χ4n) is 8.24. The number of esters is 2. The Bertz CT molecular complexity index is 1020. The smallest absolute Gasteiger partial charge is 0.306 e. The summed E-state index contributed by atoms with van der Waals surface area (Å²) in [6.45, 7) is 3.47. The number of ether oxygens (including phenoxy) is 4. The minimum Gasteiger partial charge on any atom is -0.462 e. The zero-order chi connectivity index (χ0) is 45.1. The SMILES string of the molecule is CCCCCCCC/C=C/CCCCCCCCCCCCCC(=O)OC[C@@H](CO[C@H]1O[C@@H](CO)[C@@H](O)C(O)C1O)OC(=O)CCCCCCCCCCCCCCCCCC. The summed E-state index contributed by atoms with van der Waals surface area (Å²) >= 11 is 0. The first-order valence-electron chi connectivity index (χ1n) is 26.3. The molecule has 10 heteroatoms. The van der Waals surface area contributed by atoms with E-state index >= 15 is 0 Å². The van der Waals surface area contributed by atoms with Gasteiger partial charge in [-0.05, 0) is 38.5 Å². The highest BCUT2D eigenvalue weighted by molar-refractivity contribution is 5.70. The van der Waals surface area contributed by atoms with Gasteiger partial charge >= 0.3 is 11.9 Å². The fourth-order valence-corrected chi connectivity index (χ4v) is 8.24. The molecule has 0 aromatic heterocycles. The van der Waals surface area contributed by atoms with Crippen molar-refractivity contribution in [1.29, 1.82) is 0 Å². The lowest BCUT2D eigenvalue weighted by Gasteiger charge is -2.39. The molecule has 1 saturated heterocycles. The Morgan fingerprint density at radius 1 is 0.484 bits per heavy atom. The lowest BCUT2D eigenvalue weighted by Crippen LogP contribution is -2.59. The van der Waals surface area contributed by atoms with Gasteiger partial charge in [0.2, 0.25) is 0 Å². The molecule has 366 valence electrons. The van der Waals surface area contributed by atoms with Gasteiger partial charge in [0.25, 0.3) is 0 Å². The first-order valence-corrected chi connectivity index (χ1v) is 26.3. The van der Waals surface area contributed by atoms with Gasteiger partial charge < -0.3 is 39.4 Å². The number of hydrogen-bond donors (Lipinski definition) is 4. The topological polar surface area (TPSA) is 152 Å². The number of carbonyl (C=O) groups excluding carboxylic acids is 2. The minimum absolute atomic E-state index is 0.211. The third kappa shape index (κ3) is 33.9. The number of unbranched alkanes of at least 4 members (excludes halogenated alkanes) is 32. The maximum atomic E-state index is 12.8. The molecule has 62 heavy (non-hydrogen) atoms. The van der Waals surface area contributed by atoms with Crippen molar-refractivity contribution in [3.63, 3.8) is 0 Å². The molecule has 1 fully saturated rings. The standard InChI is InChI=1S/C52H98O10/c1-3-5-7-9-11-13-15-17-19-21-22-23-24-25-27-28-30-32-34-36-38-40-47(54)59-43-45(44-60-52-51(58)50(57)49(56)46(42-53)62-52)61-48(55)41-39-37-35-33-31-29-26-20-18-16-14-12-10-8-6-4-2/h17,19,45-46,49-53,56-58H,3-16,18,20-44H2,1-2H3/b19-17+/t45-,46-,49+,50?,51?,52-/m0/s1. The molecule has 0 saturated carbocycles. The Kier molecular flexibility index (Phi) is 40.9. The molecule has 1 heterocycles. The quantitative estimate of drug-likeness (QED) is 0.0264. The van der Waals surface area contributed by atoms with Crippen LogP contribution in [0.5, 0.6) is 0 Å². The van der Waals surface area contributed by atoms with Crippen LogP contribution in [-0.2, 0) is 28.5 Å². The number of aliphatic hydroxyl groups is 4. The van der Waals surface area contributed by atoms with Crippen LogP contribution in [0.3, 0.4) is 0 Å². The number of aliphatic hydroxyl groups excluding tert-OH is 4. The average molecular weight is 883 g/mol. The van der Waals surface area contributed by atoms with Crippen molar-refractivity contribution in [2.75, 3.05) is 19.8 Å². The predicted octanol–water partition coefficient (Wildman–Crippen LogP) is 12.3. The summed E-state index contributed by atoms with van der Waals surface area (Å²) < 4.78 is 22.3. The Labute approximate surface area is 380 Å². The van der Waals surface area contributed by atoms with Gasteiger partial charge in [-0.3, -0.25) is 9.59 Å². The maximum Gasteiger partial charge on any atom is 0.306 e. The van der Waals surface area contributed by atoms with E-state index in [1.807, 2.05) is 0 Å². The largest absolute Gasteiger partial charge is 0.462 e. The van der Waals surface area contributed by atoms with E-state index in [0.29, 0.717) is 6.42 Å². The zero-order valence-electron chi connectivity index (χ0n) is 40.1. The van der Waals surface area contributed by atoms with Crippen molar-refractivity contribution in [1.82, 2.24) is 0 Å². The molecule has 0 bridgehead atoms. The third-order valence-corrected chi connectivity index (χ3v) is 12.4. The van der Waals surface area contributed by atoms with Crippen molar-refractivity contribution in [2.45, 2.75) is 288 Å². The van der Waals surface area contributed by atoms with Gasteiger partial charge in [0, 0.05) is 12.8 Å². The highest BCUT2D eigenvalue weighted by Crippen LogP contribution is 2.23. The molecule has 0 radical (unpaired) electrons. The first kappa shape index (κ1) is 58.5. The molecule has 0 aliphatic carbocycles. The van der Waals surface area contributed by atoms with Crippen LogP contribution in [0.2, 0.25) is 0 Å². The van der Waals surface area contributed by atoms with Gasteiger partial charge in [0.05, 0.1) is 13.2 Å². The van der Waals surface area contributed by atoms with E-state index in [9.17, 15) is 30.0 Å². The normalized spacial score (nSPS) is 19.6. The predicted molar refractivity (Wildman–Crippen MR) is 252 cm³/mol. The summed E-state index contributed by atoms with van der Waals surface area (Å²) in [4.78, 5) is 25.5. The second-order valence-corrected chi connectivity index (χ2v) is 18.3. The van der Waals surface area contributed by atoms with E-state index in [1.165, 1.54) is 180 Å². The molecule has 1 aliphatic rings. The molecule has 4 N–H and O–H groups in total. The third-order valence-electron chi connectivity index (χ3n) is 12.4. The highest BCUT2D eigenvalue weighted by Gasteiger charge is 2.44. The van der Waals surface area contributed by atoms with E-state index in [-0.39, 0.29) is 32.0 Å². The molecule has 0 amide bonds. The van der Waals surface area contributed by atoms with Crippen LogP contribution in [0.1, 0.15) is 251 Å². The molecule has 2 unspecified atom stereocenters. The lowest BCUT2D eigenvalue weighted by molar-refractivity contribution is -0.305. The van der Waals surface area contributed by atoms with Crippen molar-refractivity contribution in [3.8, 4) is 0 Å². The molecule has 0 spiro atoms. The van der Waals surface area contributed by atoms with Crippen LogP contribution in [-0.4, -0.2) is 89.0 Å². The zero-order valence-corrected chi connectivity index (χ0v) is 40.1. The number of hydrogen-bond acceptors (Lipinski definition) is 10. The summed E-state index contributed by atoms with van der Waals surface area (Å²) in [6.07, 6.45) is 40.7. The Balaban J connectivity index is 2.23. The average Bonchev–Trinajstić information content (AvgIpc) is 3.27. The summed E-state index contributed by atoms with van der Waals surface area (Å²) in [7, 11) is 0. The van der Waals surface area contributed by atoms with Crippen molar-refractivity contribution >= 4 is 11.9 Å². The minimum atomic E-state index is -1.59. The van der Waals surface area contributed by atoms with Gasteiger partial charge in [-0.15, -0.1) is 0 Å². The van der Waals surface area contributed by atoms with E-state index in [1.54, 1.807) is 0 Å². The Morgan fingerprint density at radius 3 is 1.26 bits per heavy atom. The van der Waals surface area contributed by atoms with Crippen LogP contribution in [0.4, 0.5) is 0 Å². The van der Waals surface area contributed by atoms with Crippen molar-refractivity contribution in [3.05, 3.63) is 12.2 Å². The van der Waals surface area contributed by atoms with Crippen molar-refractivity contribution in [2.24, 2.45) is 0 Å². The molecule has 1 rings (SSSR count). The molecule has 10 nitrogen and oxygen atoms in total. The number of carbonyl (C=O) groups is 2. The molecule has 6 atom stereocenters. The summed E-state index contributed by atoms with van der Waals surface area (Å²) in [5.74, 6) is -0.791. The summed E-state index contributed by atoms with van der Waals surface area (Å²) in [5.41, 5.74) is 0. The fraction of sp³-hybridized carbons (Fsp3) is 0.923. The highest BCUT2D eigenvalue weighted by atomic mass is 16.7. The van der Waals surface area contributed by atoms with Crippen LogP contribution >= 0.6 is 0 Å². The van der Waals surface area contributed by atoms with Crippen LogP contribution in [0, 0.1) is 0 Å². The van der Waals surface area contributed by atoms with Gasteiger partial charge in [-0.2, -0.15) is 0 Å². The number of allylic oxidation sites excluding steroid dienone is 2. The monoisotopic (exact) mass is 883 g/mol. The van der Waals surface area contributed by atoms with Gasteiger partial charge in [0.15, 0.2) is 12.4 Å². The van der Waals surface area contributed by atoms with Crippen LogP contribution in [0.25, 0.3) is 0 Å². The van der Waals surface area contributed by atoms with E-state index in [2.05, 4.69) is 26.0 Å². The van der Waals surface area contributed by atoms with Crippen LogP contribution in [0.15, 0.2) is 12.2 Å². The molecular formula is C52H98O10. The Hall–Kier alpha value is -1.56. The van der Waals surface area contributed by atoms with E-state index in [0.717, 1.165) is 38.5 Å². The second kappa shape index (κ2) is 43.3. The molecule has 1 aliphatic heterocycles.